The van der Waals surface area contributed by atoms with Crippen molar-refractivity contribution in [3.63, 3.8) is 0 Å². The summed E-state index contributed by atoms with van der Waals surface area (Å²) in [4.78, 5) is 23.6. The van der Waals surface area contributed by atoms with Gasteiger partial charge in [-0.15, -0.1) is 12.4 Å². The number of Topliss-reactive ketones (excluding diaryl/α,β-unsaturated/α-hetero) is 1. The number of carbonyl (C=O) groups excluding carboxylic acids is 2. The summed E-state index contributed by atoms with van der Waals surface area (Å²) in [7, 11) is 0. The molecule has 1 aromatic carbocycles. The van der Waals surface area contributed by atoms with Crippen molar-refractivity contribution in [2.45, 2.75) is 32.6 Å². The number of nitrogens with one attached hydrogen (secondary N) is 2. The highest BCUT2D eigenvalue weighted by Crippen LogP contribution is 2.13. The average Bonchev–Trinajstić information content (AvgIpc) is 2.55. The van der Waals surface area contributed by atoms with Gasteiger partial charge in [0.1, 0.15) is 0 Å². The molecule has 2 rings (SSSR count). The van der Waals surface area contributed by atoms with Crippen molar-refractivity contribution < 1.29 is 9.59 Å². The maximum atomic E-state index is 12.0. The van der Waals surface area contributed by atoms with Gasteiger partial charge < -0.3 is 10.6 Å². The number of carbonyl (C=O) groups is 2. The maximum absolute atomic E-state index is 12.0. The monoisotopic (exact) mass is 324 g/mol. The standard InChI is InChI=1S/C17H24N2O2.ClH/c1-2-16(20)14-5-7-15(8-6-14)17(21)19-11-9-13-4-3-10-18-12-13;/h5-8,13,18H,2-4,9-12H2,1H3,(H,19,21);1H. The largest absolute Gasteiger partial charge is 0.352 e. The van der Waals surface area contributed by atoms with Gasteiger partial charge in [-0.1, -0.05) is 19.1 Å². The van der Waals surface area contributed by atoms with E-state index in [0.29, 0.717) is 30.0 Å². The highest BCUT2D eigenvalue weighted by atomic mass is 35.5. The van der Waals surface area contributed by atoms with E-state index in [1.807, 2.05) is 6.92 Å². The van der Waals surface area contributed by atoms with E-state index < -0.39 is 0 Å². The molecule has 0 radical (unpaired) electrons. The molecule has 2 N–H and O–H groups in total. The summed E-state index contributed by atoms with van der Waals surface area (Å²) in [6, 6.07) is 6.90. The number of halogens is 1. The molecule has 22 heavy (non-hydrogen) atoms. The Kier molecular flexibility index (Phi) is 8.13. The molecule has 1 atom stereocenters. The van der Waals surface area contributed by atoms with Crippen molar-refractivity contribution in [3.8, 4) is 0 Å². The van der Waals surface area contributed by atoms with E-state index in [-0.39, 0.29) is 24.1 Å². The van der Waals surface area contributed by atoms with Crippen molar-refractivity contribution in [1.29, 1.82) is 0 Å². The van der Waals surface area contributed by atoms with Gasteiger partial charge in [0.25, 0.3) is 5.91 Å². The van der Waals surface area contributed by atoms with Crippen molar-refractivity contribution in [3.05, 3.63) is 35.4 Å². The van der Waals surface area contributed by atoms with Gasteiger partial charge >= 0.3 is 0 Å². The molecule has 0 spiro atoms. The second-order valence-corrected chi connectivity index (χ2v) is 5.61. The van der Waals surface area contributed by atoms with E-state index >= 15 is 0 Å². The lowest BCUT2D eigenvalue weighted by Gasteiger charge is -2.22. The lowest BCUT2D eigenvalue weighted by molar-refractivity contribution is 0.0947. The van der Waals surface area contributed by atoms with Crippen LogP contribution in [0.25, 0.3) is 0 Å². The second-order valence-electron chi connectivity index (χ2n) is 5.61. The van der Waals surface area contributed by atoms with Gasteiger partial charge in [-0.05, 0) is 50.4 Å². The molecule has 0 saturated carbocycles. The molecular weight excluding hydrogens is 300 g/mol. The van der Waals surface area contributed by atoms with E-state index in [1.165, 1.54) is 12.8 Å². The number of piperidine rings is 1. The molecule has 122 valence electrons. The summed E-state index contributed by atoms with van der Waals surface area (Å²) >= 11 is 0. The van der Waals surface area contributed by atoms with Crippen LogP contribution in [0.1, 0.15) is 53.3 Å². The van der Waals surface area contributed by atoms with Gasteiger partial charge in [0.2, 0.25) is 0 Å². The van der Waals surface area contributed by atoms with Gasteiger partial charge in [0, 0.05) is 24.1 Å². The molecule has 1 saturated heterocycles. The van der Waals surface area contributed by atoms with E-state index in [4.69, 9.17) is 0 Å². The van der Waals surface area contributed by atoms with Crippen LogP contribution in [0.2, 0.25) is 0 Å². The topological polar surface area (TPSA) is 58.2 Å². The van der Waals surface area contributed by atoms with Gasteiger partial charge in [0.15, 0.2) is 5.78 Å². The van der Waals surface area contributed by atoms with Crippen LogP contribution in [0, 0.1) is 5.92 Å². The van der Waals surface area contributed by atoms with Gasteiger partial charge in [-0.3, -0.25) is 9.59 Å². The molecule has 1 aliphatic rings. The minimum absolute atomic E-state index is 0. The quantitative estimate of drug-likeness (QED) is 0.791. The zero-order valence-electron chi connectivity index (χ0n) is 13.1. The molecule has 1 amide bonds. The van der Waals surface area contributed by atoms with Crippen molar-refractivity contribution in [1.82, 2.24) is 10.6 Å². The first-order chi connectivity index (χ1) is 10.2. The third-order valence-corrected chi connectivity index (χ3v) is 4.03. The molecular formula is C17H25ClN2O2. The molecule has 5 heteroatoms. The molecule has 1 unspecified atom stereocenters. The van der Waals surface area contributed by atoms with Crippen molar-refractivity contribution >= 4 is 24.1 Å². The van der Waals surface area contributed by atoms with Crippen LogP contribution in [-0.4, -0.2) is 31.3 Å². The van der Waals surface area contributed by atoms with E-state index in [1.54, 1.807) is 24.3 Å². The predicted octanol–water partition coefficient (Wildman–Crippen LogP) is 2.82. The summed E-state index contributed by atoms with van der Waals surface area (Å²) in [5.74, 6) is 0.713. The van der Waals surface area contributed by atoms with Crippen LogP contribution < -0.4 is 10.6 Å². The van der Waals surface area contributed by atoms with Gasteiger partial charge in [-0.25, -0.2) is 0 Å². The van der Waals surface area contributed by atoms with Crippen molar-refractivity contribution in [2.75, 3.05) is 19.6 Å². The highest BCUT2D eigenvalue weighted by Gasteiger charge is 2.13. The zero-order chi connectivity index (χ0) is 15.1. The first-order valence-electron chi connectivity index (χ1n) is 7.83. The summed E-state index contributed by atoms with van der Waals surface area (Å²) in [6.07, 6.45) is 3.98. The normalized spacial score (nSPS) is 17.4. The van der Waals surface area contributed by atoms with Gasteiger partial charge in [-0.2, -0.15) is 0 Å². The first kappa shape index (κ1) is 18.7. The Labute approximate surface area is 138 Å². The van der Waals surface area contributed by atoms with E-state index in [9.17, 15) is 9.59 Å². The number of hydrogen-bond donors (Lipinski definition) is 2. The summed E-state index contributed by atoms with van der Waals surface area (Å²) in [5.41, 5.74) is 1.28. The molecule has 0 aromatic heterocycles. The Hall–Kier alpha value is -1.39. The average molecular weight is 325 g/mol. The Bertz CT molecular complexity index is 482. The van der Waals surface area contributed by atoms with Crippen molar-refractivity contribution in [2.24, 2.45) is 5.92 Å². The number of benzene rings is 1. The molecule has 0 bridgehead atoms. The van der Waals surface area contributed by atoms with E-state index in [2.05, 4.69) is 10.6 Å². The smallest absolute Gasteiger partial charge is 0.251 e. The summed E-state index contributed by atoms with van der Waals surface area (Å²) in [5, 5.41) is 6.34. The molecule has 0 aliphatic carbocycles. The second kappa shape index (κ2) is 9.59. The number of hydrogen-bond acceptors (Lipinski definition) is 3. The lowest BCUT2D eigenvalue weighted by atomic mass is 9.96. The van der Waals surface area contributed by atoms with Crippen LogP contribution in [0.5, 0.6) is 0 Å². The molecule has 1 fully saturated rings. The fourth-order valence-corrected chi connectivity index (χ4v) is 2.67. The summed E-state index contributed by atoms with van der Waals surface area (Å²) < 4.78 is 0. The Balaban J connectivity index is 0.00000242. The Morgan fingerprint density at radius 3 is 2.50 bits per heavy atom. The Morgan fingerprint density at radius 2 is 1.91 bits per heavy atom. The highest BCUT2D eigenvalue weighted by molar-refractivity contribution is 5.98. The SMILES string of the molecule is CCC(=O)c1ccc(C(=O)NCCC2CCCNC2)cc1.Cl. The maximum Gasteiger partial charge on any atom is 0.251 e. The van der Waals surface area contributed by atoms with Crippen LogP contribution in [0.4, 0.5) is 0 Å². The third-order valence-electron chi connectivity index (χ3n) is 4.03. The minimum atomic E-state index is -0.0609. The molecule has 1 aliphatic heterocycles. The molecule has 1 heterocycles. The predicted molar refractivity (Wildman–Crippen MR) is 90.9 cm³/mol. The summed E-state index contributed by atoms with van der Waals surface area (Å²) in [6.45, 7) is 4.72. The lowest BCUT2D eigenvalue weighted by Crippen LogP contribution is -2.33. The molecule has 1 aromatic rings. The number of amides is 1. The van der Waals surface area contributed by atoms with Crippen LogP contribution in [-0.2, 0) is 0 Å². The fraction of sp³-hybridized carbons (Fsp3) is 0.529. The minimum Gasteiger partial charge on any atom is -0.352 e. The Morgan fingerprint density at radius 1 is 1.23 bits per heavy atom. The number of rotatable bonds is 6. The number of ketones is 1. The van der Waals surface area contributed by atoms with E-state index in [0.717, 1.165) is 19.5 Å². The van der Waals surface area contributed by atoms with Crippen LogP contribution >= 0.6 is 12.4 Å². The third kappa shape index (κ3) is 5.43. The first-order valence-corrected chi connectivity index (χ1v) is 7.83. The van der Waals surface area contributed by atoms with Crippen LogP contribution in [0.3, 0.4) is 0 Å². The fourth-order valence-electron chi connectivity index (χ4n) is 2.67. The zero-order valence-corrected chi connectivity index (χ0v) is 13.9. The van der Waals surface area contributed by atoms with Crippen LogP contribution in [0.15, 0.2) is 24.3 Å². The van der Waals surface area contributed by atoms with Gasteiger partial charge in [0.05, 0.1) is 0 Å². The molecule has 4 nitrogen and oxygen atoms in total.